The van der Waals surface area contributed by atoms with Crippen LogP contribution in [0.1, 0.15) is 46.9 Å². The number of aromatic nitrogens is 4. The van der Waals surface area contributed by atoms with Crippen LogP contribution < -0.4 is 0 Å². The molecule has 0 radical (unpaired) electrons. The Balaban J connectivity index is 1.39. The molecule has 8 heteroatoms. The van der Waals surface area contributed by atoms with E-state index in [0.717, 1.165) is 53.4 Å². The lowest BCUT2D eigenvalue weighted by Gasteiger charge is -2.45. The molecule has 4 aromatic rings. The number of carbonyl (C=O) groups is 1. The number of hydrogen-bond acceptors (Lipinski definition) is 3. The van der Waals surface area contributed by atoms with E-state index in [4.69, 9.17) is 5.10 Å². The standard InChI is InChI=1S/C27H25F2N5O/c1-32-15-19(14-30-32)16-5-3-6-17(9-16)27(35)34-22-7-4-8-24(34)25-23(13-22)26(33(2)31-25)18-10-20(28)12-21(29)11-18/h3,5-6,9-12,14-15,22,24H,4,7-8,13H2,1-2H3/t22-,24+/m0/s1. The third kappa shape index (κ3) is 3.64. The molecular formula is C27H25F2N5O. The quantitative estimate of drug-likeness (QED) is 0.418. The molecule has 35 heavy (non-hydrogen) atoms. The van der Waals surface area contributed by atoms with E-state index in [1.807, 2.05) is 42.4 Å². The Kier molecular flexibility index (Phi) is 5.05. The summed E-state index contributed by atoms with van der Waals surface area (Å²) in [6.07, 6.45) is 7.03. The summed E-state index contributed by atoms with van der Waals surface area (Å²) in [6.45, 7) is 0. The summed E-state index contributed by atoms with van der Waals surface area (Å²) in [4.78, 5) is 15.8. The molecule has 0 N–H and O–H groups in total. The molecule has 0 saturated carbocycles. The molecule has 2 aliphatic rings. The number of rotatable bonds is 3. The van der Waals surface area contributed by atoms with Gasteiger partial charge < -0.3 is 4.90 Å². The normalized spacial score (nSPS) is 19.0. The van der Waals surface area contributed by atoms with Crippen molar-refractivity contribution in [1.82, 2.24) is 24.5 Å². The minimum absolute atomic E-state index is 0.0113. The Morgan fingerprint density at radius 3 is 2.54 bits per heavy atom. The van der Waals surface area contributed by atoms with Gasteiger partial charge in [-0.2, -0.15) is 10.2 Å². The zero-order chi connectivity index (χ0) is 24.3. The minimum atomic E-state index is -0.615. The maximum absolute atomic E-state index is 14.0. The number of benzene rings is 2. The third-order valence-electron chi connectivity index (χ3n) is 7.19. The predicted octanol–water partition coefficient (Wildman–Crippen LogP) is 5.06. The van der Waals surface area contributed by atoms with Crippen LogP contribution in [-0.2, 0) is 20.5 Å². The number of carbonyl (C=O) groups excluding carboxylic acids is 1. The summed E-state index contributed by atoms with van der Waals surface area (Å²) < 4.78 is 31.4. The van der Waals surface area contributed by atoms with E-state index >= 15 is 0 Å². The van der Waals surface area contributed by atoms with Crippen LogP contribution in [0.15, 0.2) is 54.9 Å². The molecule has 1 saturated heterocycles. The molecule has 0 spiro atoms. The first-order valence-electron chi connectivity index (χ1n) is 11.8. The van der Waals surface area contributed by atoms with Crippen molar-refractivity contribution in [3.8, 4) is 22.4 Å². The number of amides is 1. The number of piperidine rings is 1. The van der Waals surface area contributed by atoms with Gasteiger partial charge in [-0.05, 0) is 55.5 Å². The van der Waals surface area contributed by atoms with Gasteiger partial charge in [0, 0.05) is 54.7 Å². The van der Waals surface area contributed by atoms with E-state index in [-0.39, 0.29) is 18.0 Å². The highest BCUT2D eigenvalue weighted by molar-refractivity contribution is 5.96. The van der Waals surface area contributed by atoms with Gasteiger partial charge in [-0.25, -0.2) is 8.78 Å². The van der Waals surface area contributed by atoms with E-state index in [1.54, 1.807) is 22.6 Å². The minimum Gasteiger partial charge on any atom is -0.327 e. The summed E-state index contributed by atoms with van der Waals surface area (Å²) in [5.41, 5.74) is 5.55. The zero-order valence-corrected chi connectivity index (χ0v) is 19.6. The fourth-order valence-corrected chi connectivity index (χ4v) is 5.75. The molecule has 1 fully saturated rings. The van der Waals surface area contributed by atoms with E-state index in [9.17, 15) is 13.6 Å². The molecule has 2 atom stereocenters. The number of hydrogen-bond donors (Lipinski definition) is 0. The van der Waals surface area contributed by atoms with Gasteiger partial charge in [0.1, 0.15) is 11.6 Å². The maximum Gasteiger partial charge on any atom is 0.254 e. The van der Waals surface area contributed by atoms with Crippen molar-refractivity contribution in [2.24, 2.45) is 14.1 Å². The van der Waals surface area contributed by atoms with Gasteiger partial charge in [-0.3, -0.25) is 14.2 Å². The molecule has 178 valence electrons. The van der Waals surface area contributed by atoms with Gasteiger partial charge in [-0.1, -0.05) is 12.1 Å². The van der Waals surface area contributed by atoms with Crippen molar-refractivity contribution >= 4 is 5.91 Å². The summed E-state index contributed by atoms with van der Waals surface area (Å²) >= 11 is 0. The predicted molar refractivity (Wildman–Crippen MR) is 127 cm³/mol. The summed E-state index contributed by atoms with van der Waals surface area (Å²) in [6, 6.07) is 11.1. The molecule has 0 unspecified atom stereocenters. The van der Waals surface area contributed by atoms with Crippen molar-refractivity contribution in [1.29, 1.82) is 0 Å². The molecule has 1 amide bonds. The number of nitrogens with zero attached hydrogens (tertiary/aromatic N) is 5. The second kappa shape index (κ2) is 8.15. The van der Waals surface area contributed by atoms with Crippen LogP contribution >= 0.6 is 0 Å². The van der Waals surface area contributed by atoms with Crippen LogP contribution in [0, 0.1) is 11.6 Å². The van der Waals surface area contributed by atoms with Crippen molar-refractivity contribution in [2.75, 3.05) is 0 Å². The Morgan fingerprint density at radius 2 is 1.80 bits per heavy atom. The van der Waals surface area contributed by atoms with E-state index < -0.39 is 11.6 Å². The molecule has 6 nitrogen and oxygen atoms in total. The van der Waals surface area contributed by atoms with Crippen molar-refractivity contribution < 1.29 is 13.6 Å². The fraction of sp³-hybridized carbons (Fsp3) is 0.296. The number of halogens is 2. The first kappa shape index (κ1) is 21.7. The Bertz CT molecular complexity index is 1440. The zero-order valence-electron chi connectivity index (χ0n) is 19.6. The molecule has 2 aromatic carbocycles. The van der Waals surface area contributed by atoms with Gasteiger partial charge in [0.15, 0.2) is 0 Å². The van der Waals surface area contributed by atoms with Crippen LogP contribution in [0.5, 0.6) is 0 Å². The van der Waals surface area contributed by atoms with Gasteiger partial charge >= 0.3 is 0 Å². The van der Waals surface area contributed by atoms with E-state index in [0.29, 0.717) is 17.5 Å². The summed E-state index contributed by atoms with van der Waals surface area (Å²) in [5.74, 6) is -1.24. The van der Waals surface area contributed by atoms with Crippen LogP contribution in [0.3, 0.4) is 0 Å². The number of fused-ring (bicyclic) bond motifs is 4. The largest absolute Gasteiger partial charge is 0.327 e. The van der Waals surface area contributed by atoms with E-state index in [2.05, 4.69) is 5.10 Å². The van der Waals surface area contributed by atoms with Gasteiger partial charge in [-0.15, -0.1) is 0 Å². The number of aryl methyl sites for hydroxylation is 2. The maximum atomic E-state index is 14.0. The van der Waals surface area contributed by atoms with Crippen LogP contribution in [-0.4, -0.2) is 36.4 Å². The third-order valence-corrected chi connectivity index (χ3v) is 7.19. The van der Waals surface area contributed by atoms with Gasteiger partial charge in [0.2, 0.25) is 0 Å². The Hall–Kier alpha value is -3.81. The van der Waals surface area contributed by atoms with Crippen LogP contribution in [0.4, 0.5) is 8.78 Å². The Morgan fingerprint density at radius 1 is 1.00 bits per heavy atom. The lowest BCUT2D eigenvalue weighted by Crippen LogP contribution is -2.49. The molecular weight excluding hydrogens is 448 g/mol. The van der Waals surface area contributed by atoms with Gasteiger partial charge in [0.05, 0.1) is 23.6 Å². The molecule has 4 heterocycles. The van der Waals surface area contributed by atoms with Crippen LogP contribution in [0.25, 0.3) is 22.4 Å². The molecule has 2 bridgehead atoms. The van der Waals surface area contributed by atoms with E-state index in [1.165, 1.54) is 12.1 Å². The topological polar surface area (TPSA) is 56.0 Å². The SMILES string of the molecule is Cn1cc(-c2cccc(C(=O)N3[C@H]4CCC[C@@H]3c3nn(C)c(-c5cc(F)cc(F)c5)c3C4)c2)cn1. The highest BCUT2D eigenvalue weighted by atomic mass is 19.1. The first-order chi connectivity index (χ1) is 16.9. The van der Waals surface area contributed by atoms with Gasteiger partial charge in [0.25, 0.3) is 5.91 Å². The highest BCUT2D eigenvalue weighted by Gasteiger charge is 2.43. The van der Waals surface area contributed by atoms with Crippen molar-refractivity contribution in [2.45, 2.75) is 37.8 Å². The Labute approximate surface area is 201 Å². The molecule has 2 aliphatic heterocycles. The second-order valence-electron chi connectivity index (χ2n) is 9.49. The first-order valence-corrected chi connectivity index (χ1v) is 11.8. The summed E-state index contributed by atoms with van der Waals surface area (Å²) in [7, 11) is 3.66. The molecule has 2 aromatic heterocycles. The highest BCUT2D eigenvalue weighted by Crippen LogP contribution is 2.45. The van der Waals surface area contributed by atoms with Crippen molar-refractivity contribution in [3.63, 3.8) is 0 Å². The van der Waals surface area contributed by atoms with Crippen LogP contribution in [0.2, 0.25) is 0 Å². The smallest absolute Gasteiger partial charge is 0.254 e. The lowest BCUT2D eigenvalue weighted by atomic mass is 9.81. The summed E-state index contributed by atoms with van der Waals surface area (Å²) in [5, 5.41) is 9.01. The van der Waals surface area contributed by atoms with Crippen molar-refractivity contribution in [3.05, 3.63) is 83.3 Å². The molecule has 6 rings (SSSR count). The fourth-order valence-electron chi connectivity index (χ4n) is 5.75. The second-order valence-corrected chi connectivity index (χ2v) is 9.49. The average molecular weight is 474 g/mol. The molecule has 0 aliphatic carbocycles. The lowest BCUT2D eigenvalue weighted by molar-refractivity contribution is 0.0392. The monoisotopic (exact) mass is 473 g/mol. The average Bonchev–Trinajstić information content (AvgIpc) is 3.40.